The lowest BCUT2D eigenvalue weighted by atomic mass is 10.0. The minimum absolute atomic E-state index is 0.0827. The van der Waals surface area contributed by atoms with E-state index < -0.39 is 5.97 Å². The van der Waals surface area contributed by atoms with E-state index in [1.807, 2.05) is 24.9 Å². The van der Waals surface area contributed by atoms with Gasteiger partial charge in [-0.05, 0) is 20.3 Å². The van der Waals surface area contributed by atoms with Crippen LogP contribution < -0.4 is 0 Å². The Labute approximate surface area is 126 Å². The predicted molar refractivity (Wildman–Crippen MR) is 79.0 cm³/mol. The molecule has 0 radical (unpaired) electrons. The molecule has 0 aliphatic carbocycles. The minimum Gasteiger partial charge on any atom is -0.466 e. The van der Waals surface area contributed by atoms with Crippen LogP contribution >= 0.6 is 0 Å². The van der Waals surface area contributed by atoms with Gasteiger partial charge in [-0.3, -0.25) is 0 Å². The second-order valence-electron chi connectivity index (χ2n) is 4.76. The topological polar surface area (TPSA) is 59.1 Å². The van der Waals surface area contributed by atoms with Gasteiger partial charge in [-0.2, -0.15) is 0 Å². The summed E-state index contributed by atoms with van der Waals surface area (Å²) in [5.41, 5.74) is 0.568. The zero-order valence-electron chi connectivity index (χ0n) is 13.3. The van der Waals surface area contributed by atoms with Crippen LogP contribution in [0.4, 0.5) is 0 Å². The first kappa shape index (κ1) is 17.1. The van der Waals surface area contributed by atoms with Gasteiger partial charge in [0.25, 0.3) is 0 Å². The molecular formula is C15H24N2O4. The lowest BCUT2D eigenvalue weighted by Crippen LogP contribution is -2.52. The highest BCUT2D eigenvalue weighted by molar-refractivity contribution is 5.89. The van der Waals surface area contributed by atoms with Crippen LogP contribution in [0.3, 0.4) is 0 Å². The molecule has 0 amide bonds. The smallest absolute Gasteiger partial charge is 0.337 e. The summed E-state index contributed by atoms with van der Waals surface area (Å²) in [6, 6.07) is -0.175. The van der Waals surface area contributed by atoms with Crippen LogP contribution in [-0.2, 0) is 19.1 Å². The van der Waals surface area contributed by atoms with Crippen molar-refractivity contribution in [3.8, 4) is 0 Å². The highest BCUT2D eigenvalue weighted by Crippen LogP contribution is 2.26. The minimum atomic E-state index is -0.422. The Morgan fingerprint density at radius 3 is 2.43 bits per heavy atom. The number of esters is 2. The number of nitrogens with zero attached hydrogens (tertiary/aromatic N) is 2. The highest BCUT2D eigenvalue weighted by atomic mass is 16.5. The SMILES string of the molecule is CCC1N(CC)C=C(C(=O)OC)C(C)N1/C=C/C(=O)OC. The third kappa shape index (κ3) is 3.77. The Kier molecular flexibility index (Phi) is 6.27. The molecule has 0 aromatic rings. The van der Waals surface area contributed by atoms with Gasteiger partial charge in [0.15, 0.2) is 0 Å². The summed E-state index contributed by atoms with van der Waals surface area (Å²) < 4.78 is 9.46. The lowest BCUT2D eigenvalue weighted by Gasteiger charge is -2.45. The van der Waals surface area contributed by atoms with E-state index in [1.165, 1.54) is 20.3 Å². The number of ether oxygens (including phenoxy) is 2. The average molecular weight is 296 g/mol. The summed E-state index contributed by atoms with van der Waals surface area (Å²) in [5, 5.41) is 0. The summed E-state index contributed by atoms with van der Waals surface area (Å²) in [6.07, 6.45) is 5.84. The van der Waals surface area contributed by atoms with Crippen molar-refractivity contribution in [2.24, 2.45) is 0 Å². The average Bonchev–Trinajstić information content (AvgIpc) is 2.51. The van der Waals surface area contributed by atoms with Crippen molar-refractivity contribution in [3.63, 3.8) is 0 Å². The standard InChI is InChI=1S/C15H24N2O4/c1-6-13-16(7-2)10-12(15(19)21-5)11(3)17(13)9-8-14(18)20-4/h8-11,13H,6-7H2,1-5H3/b9-8+. The summed E-state index contributed by atoms with van der Waals surface area (Å²) in [7, 11) is 2.70. The molecule has 2 atom stereocenters. The van der Waals surface area contributed by atoms with Gasteiger partial charge < -0.3 is 19.3 Å². The van der Waals surface area contributed by atoms with E-state index >= 15 is 0 Å². The largest absolute Gasteiger partial charge is 0.466 e. The molecular weight excluding hydrogens is 272 g/mol. The fourth-order valence-electron chi connectivity index (χ4n) is 2.49. The Hall–Kier alpha value is -1.98. The van der Waals surface area contributed by atoms with Gasteiger partial charge in [0, 0.05) is 25.0 Å². The Bertz CT molecular complexity index is 445. The van der Waals surface area contributed by atoms with Crippen LogP contribution in [0.25, 0.3) is 0 Å². The molecule has 6 nitrogen and oxygen atoms in total. The fourth-order valence-corrected chi connectivity index (χ4v) is 2.49. The Morgan fingerprint density at radius 2 is 1.95 bits per heavy atom. The normalized spacial score (nSPS) is 22.2. The first-order chi connectivity index (χ1) is 9.99. The van der Waals surface area contributed by atoms with Gasteiger partial charge in [0.2, 0.25) is 0 Å². The maximum absolute atomic E-state index is 11.9. The third-order valence-corrected chi connectivity index (χ3v) is 3.66. The van der Waals surface area contributed by atoms with Gasteiger partial charge in [0.1, 0.15) is 6.17 Å². The van der Waals surface area contributed by atoms with E-state index in [1.54, 1.807) is 6.20 Å². The van der Waals surface area contributed by atoms with E-state index in [0.717, 1.165) is 13.0 Å². The first-order valence-electron chi connectivity index (χ1n) is 7.09. The van der Waals surface area contributed by atoms with Crippen LogP contribution in [0.5, 0.6) is 0 Å². The van der Waals surface area contributed by atoms with Crippen molar-refractivity contribution < 1.29 is 19.1 Å². The monoisotopic (exact) mass is 296 g/mol. The van der Waals surface area contributed by atoms with Crippen molar-refractivity contribution in [1.82, 2.24) is 9.80 Å². The molecule has 1 heterocycles. The van der Waals surface area contributed by atoms with Gasteiger partial charge in [-0.1, -0.05) is 6.92 Å². The molecule has 0 spiro atoms. The van der Waals surface area contributed by atoms with Crippen molar-refractivity contribution in [3.05, 3.63) is 24.0 Å². The van der Waals surface area contributed by atoms with Gasteiger partial charge >= 0.3 is 11.9 Å². The second-order valence-corrected chi connectivity index (χ2v) is 4.76. The molecule has 6 heteroatoms. The number of methoxy groups -OCH3 is 2. The van der Waals surface area contributed by atoms with Crippen LogP contribution in [0, 0.1) is 0 Å². The number of carbonyl (C=O) groups excluding carboxylic acids is 2. The molecule has 1 rings (SSSR count). The van der Waals surface area contributed by atoms with E-state index in [2.05, 4.69) is 16.6 Å². The zero-order valence-corrected chi connectivity index (χ0v) is 13.3. The number of hydrogen-bond donors (Lipinski definition) is 0. The number of hydrogen-bond acceptors (Lipinski definition) is 6. The summed E-state index contributed by atoms with van der Waals surface area (Å²) in [4.78, 5) is 27.3. The molecule has 118 valence electrons. The zero-order chi connectivity index (χ0) is 16.0. The maximum atomic E-state index is 11.9. The third-order valence-electron chi connectivity index (χ3n) is 3.66. The van der Waals surface area contributed by atoms with Crippen LogP contribution in [0.1, 0.15) is 27.2 Å². The molecule has 0 aromatic heterocycles. The van der Waals surface area contributed by atoms with Crippen molar-refractivity contribution in [2.45, 2.75) is 39.4 Å². The van der Waals surface area contributed by atoms with Crippen LogP contribution in [0.15, 0.2) is 24.0 Å². The van der Waals surface area contributed by atoms with Gasteiger partial charge in [0.05, 0.1) is 25.8 Å². The molecule has 0 saturated carbocycles. The second kappa shape index (κ2) is 7.71. The molecule has 0 fully saturated rings. The molecule has 0 saturated heterocycles. The van der Waals surface area contributed by atoms with Gasteiger partial charge in [-0.15, -0.1) is 0 Å². The fraction of sp³-hybridized carbons (Fsp3) is 0.600. The molecule has 1 aliphatic heterocycles. The molecule has 0 bridgehead atoms. The van der Waals surface area contributed by atoms with Crippen LogP contribution in [0.2, 0.25) is 0 Å². The summed E-state index contributed by atoms with van der Waals surface area (Å²) in [6.45, 7) is 6.76. The van der Waals surface area contributed by atoms with Crippen molar-refractivity contribution in [2.75, 3.05) is 20.8 Å². The summed E-state index contributed by atoms with van der Waals surface area (Å²) in [5.74, 6) is -0.777. The van der Waals surface area contributed by atoms with E-state index in [-0.39, 0.29) is 18.2 Å². The Morgan fingerprint density at radius 1 is 1.29 bits per heavy atom. The highest BCUT2D eigenvalue weighted by Gasteiger charge is 2.33. The van der Waals surface area contributed by atoms with Crippen LogP contribution in [-0.4, -0.2) is 54.7 Å². The molecule has 0 aromatic carbocycles. The number of rotatable bonds is 5. The predicted octanol–water partition coefficient (Wildman–Crippen LogP) is 1.49. The van der Waals surface area contributed by atoms with Crippen molar-refractivity contribution in [1.29, 1.82) is 0 Å². The molecule has 2 unspecified atom stereocenters. The molecule has 0 N–H and O–H groups in total. The van der Waals surface area contributed by atoms with E-state index in [9.17, 15) is 9.59 Å². The van der Waals surface area contributed by atoms with E-state index in [0.29, 0.717) is 5.57 Å². The first-order valence-corrected chi connectivity index (χ1v) is 7.09. The summed E-state index contributed by atoms with van der Waals surface area (Å²) >= 11 is 0. The Balaban J connectivity index is 3.14. The number of carbonyl (C=O) groups is 2. The van der Waals surface area contributed by atoms with E-state index in [4.69, 9.17) is 4.74 Å². The molecule has 21 heavy (non-hydrogen) atoms. The van der Waals surface area contributed by atoms with Gasteiger partial charge in [-0.25, -0.2) is 9.59 Å². The quantitative estimate of drug-likeness (QED) is 0.566. The maximum Gasteiger partial charge on any atom is 0.337 e. The lowest BCUT2D eigenvalue weighted by molar-refractivity contribution is -0.137. The molecule has 1 aliphatic rings. The van der Waals surface area contributed by atoms with Crippen molar-refractivity contribution >= 4 is 11.9 Å².